The molecule has 0 aromatic heterocycles. The van der Waals surface area contributed by atoms with E-state index in [9.17, 15) is 14.3 Å². The highest BCUT2D eigenvalue weighted by molar-refractivity contribution is 7.99. The zero-order valence-corrected chi connectivity index (χ0v) is 11.6. The second kappa shape index (κ2) is 5.09. The van der Waals surface area contributed by atoms with Gasteiger partial charge in [0.05, 0.1) is 4.90 Å². The van der Waals surface area contributed by atoms with Gasteiger partial charge in [0.2, 0.25) is 0 Å². The Hall–Kier alpha value is -1.56. The molecule has 0 aliphatic carbocycles. The van der Waals surface area contributed by atoms with Crippen LogP contribution in [0.4, 0.5) is 10.1 Å². The summed E-state index contributed by atoms with van der Waals surface area (Å²) in [6.45, 7) is 0. The average Bonchev–Trinajstić information content (AvgIpc) is 2.69. The van der Waals surface area contributed by atoms with Crippen molar-refractivity contribution < 1.29 is 14.3 Å². The summed E-state index contributed by atoms with van der Waals surface area (Å²) in [6, 6.07) is 9.73. The minimum atomic E-state index is -1.30. The van der Waals surface area contributed by atoms with E-state index in [0.29, 0.717) is 15.6 Å². The van der Waals surface area contributed by atoms with Gasteiger partial charge in [-0.2, -0.15) is 0 Å². The van der Waals surface area contributed by atoms with Crippen LogP contribution in [0.1, 0.15) is 11.7 Å². The standard InChI is InChI=1S/C14H9ClFNO2S/c15-7-1-3-8(4-2-7)20-12-6-11-9(5-10(12)16)13(18)14(19)17-11/h1-6,13,18H,(H,17,19). The van der Waals surface area contributed by atoms with Gasteiger partial charge in [0.15, 0.2) is 6.10 Å². The van der Waals surface area contributed by atoms with Crippen molar-refractivity contribution in [3.63, 3.8) is 0 Å². The first kappa shape index (κ1) is 13.4. The number of hydrogen-bond donors (Lipinski definition) is 2. The van der Waals surface area contributed by atoms with Crippen LogP contribution in [0.2, 0.25) is 5.02 Å². The number of nitrogens with one attached hydrogen (secondary N) is 1. The molecule has 1 aliphatic heterocycles. The van der Waals surface area contributed by atoms with Crippen LogP contribution in [0.5, 0.6) is 0 Å². The lowest BCUT2D eigenvalue weighted by Gasteiger charge is -2.07. The molecule has 1 heterocycles. The van der Waals surface area contributed by atoms with E-state index in [4.69, 9.17) is 11.6 Å². The number of fused-ring (bicyclic) bond motifs is 1. The van der Waals surface area contributed by atoms with Gasteiger partial charge in [0, 0.05) is 21.2 Å². The third-order valence-corrected chi connectivity index (χ3v) is 4.24. The molecule has 20 heavy (non-hydrogen) atoms. The molecule has 0 saturated carbocycles. The van der Waals surface area contributed by atoms with Crippen LogP contribution in [0.15, 0.2) is 46.2 Å². The summed E-state index contributed by atoms with van der Waals surface area (Å²) in [4.78, 5) is 12.6. The number of aliphatic hydroxyl groups excluding tert-OH is 1. The first-order chi connectivity index (χ1) is 9.54. The highest BCUT2D eigenvalue weighted by atomic mass is 35.5. The van der Waals surface area contributed by atoms with Gasteiger partial charge in [-0.25, -0.2) is 4.39 Å². The van der Waals surface area contributed by atoms with Crippen LogP contribution in [0.3, 0.4) is 0 Å². The van der Waals surface area contributed by atoms with Crippen molar-refractivity contribution in [3.05, 3.63) is 52.8 Å². The molecule has 2 N–H and O–H groups in total. The van der Waals surface area contributed by atoms with Crippen LogP contribution in [-0.2, 0) is 4.79 Å². The van der Waals surface area contributed by atoms with Crippen LogP contribution in [0, 0.1) is 5.82 Å². The molecule has 0 bridgehead atoms. The Morgan fingerprint density at radius 3 is 2.65 bits per heavy atom. The van der Waals surface area contributed by atoms with Crippen molar-refractivity contribution in [2.24, 2.45) is 0 Å². The molecule has 1 amide bonds. The fourth-order valence-corrected chi connectivity index (χ4v) is 2.94. The molecule has 3 nitrogen and oxygen atoms in total. The van der Waals surface area contributed by atoms with Gasteiger partial charge in [0.25, 0.3) is 5.91 Å². The maximum absolute atomic E-state index is 14.0. The SMILES string of the molecule is O=C1Nc2cc(Sc3ccc(Cl)cc3)c(F)cc2C1O. The Balaban J connectivity index is 1.94. The van der Waals surface area contributed by atoms with Crippen molar-refractivity contribution in [2.45, 2.75) is 15.9 Å². The maximum atomic E-state index is 14.0. The lowest BCUT2D eigenvalue weighted by molar-refractivity contribution is -0.123. The molecule has 1 unspecified atom stereocenters. The van der Waals surface area contributed by atoms with E-state index in [2.05, 4.69) is 5.32 Å². The Bertz CT molecular complexity index is 690. The number of anilines is 1. The van der Waals surface area contributed by atoms with Crippen molar-refractivity contribution in [3.8, 4) is 0 Å². The molecule has 1 aliphatic rings. The van der Waals surface area contributed by atoms with Gasteiger partial charge in [-0.15, -0.1) is 0 Å². The molecule has 0 spiro atoms. The Morgan fingerprint density at radius 1 is 1.25 bits per heavy atom. The quantitative estimate of drug-likeness (QED) is 0.891. The van der Waals surface area contributed by atoms with E-state index in [1.54, 1.807) is 24.3 Å². The average molecular weight is 310 g/mol. The third-order valence-electron chi connectivity index (χ3n) is 2.95. The van der Waals surface area contributed by atoms with E-state index >= 15 is 0 Å². The van der Waals surface area contributed by atoms with Crippen molar-refractivity contribution in [1.82, 2.24) is 0 Å². The molecular formula is C14H9ClFNO2S. The molecule has 2 aromatic rings. The van der Waals surface area contributed by atoms with E-state index in [1.807, 2.05) is 0 Å². The number of amides is 1. The molecule has 0 radical (unpaired) electrons. The summed E-state index contributed by atoms with van der Waals surface area (Å²) in [5.74, 6) is -1.01. The van der Waals surface area contributed by atoms with Crippen LogP contribution in [0.25, 0.3) is 0 Å². The zero-order chi connectivity index (χ0) is 14.3. The summed E-state index contributed by atoms with van der Waals surface area (Å²) < 4.78 is 14.0. The molecule has 6 heteroatoms. The third kappa shape index (κ3) is 2.40. The second-order valence-corrected chi connectivity index (χ2v) is 5.87. The number of benzene rings is 2. The molecule has 3 rings (SSSR count). The number of halogens is 2. The number of carbonyl (C=O) groups is 1. The summed E-state index contributed by atoms with van der Waals surface area (Å²) >= 11 is 7.02. The minimum Gasteiger partial charge on any atom is -0.378 e. The van der Waals surface area contributed by atoms with Crippen molar-refractivity contribution in [2.75, 3.05) is 5.32 Å². The van der Waals surface area contributed by atoms with Crippen LogP contribution < -0.4 is 5.32 Å². The Kier molecular flexibility index (Phi) is 3.41. The largest absolute Gasteiger partial charge is 0.378 e. The van der Waals surface area contributed by atoms with E-state index < -0.39 is 17.8 Å². The number of carbonyl (C=O) groups excluding carboxylic acids is 1. The molecular weight excluding hydrogens is 301 g/mol. The van der Waals surface area contributed by atoms with Gasteiger partial charge in [-0.05, 0) is 36.4 Å². The Labute approximate surface area is 123 Å². The molecule has 102 valence electrons. The molecule has 0 saturated heterocycles. The predicted octanol–water partition coefficient (Wildman–Crippen LogP) is 3.62. The first-order valence-corrected chi connectivity index (χ1v) is 7.00. The highest BCUT2D eigenvalue weighted by Gasteiger charge is 2.29. The predicted molar refractivity (Wildman–Crippen MR) is 75.6 cm³/mol. The van der Waals surface area contributed by atoms with E-state index in [0.717, 1.165) is 4.90 Å². The number of hydrogen-bond acceptors (Lipinski definition) is 3. The van der Waals surface area contributed by atoms with Gasteiger partial charge in [-0.3, -0.25) is 4.79 Å². The van der Waals surface area contributed by atoms with Crippen LogP contribution >= 0.6 is 23.4 Å². The van der Waals surface area contributed by atoms with Crippen molar-refractivity contribution in [1.29, 1.82) is 0 Å². The van der Waals surface area contributed by atoms with E-state index in [-0.39, 0.29) is 5.56 Å². The van der Waals surface area contributed by atoms with Gasteiger partial charge >= 0.3 is 0 Å². The molecule has 2 aromatic carbocycles. The minimum absolute atomic E-state index is 0.271. The zero-order valence-electron chi connectivity index (χ0n) is 10.1. The number of aliphatic hydroxyl groups is 1. The Morgan fingerprint density at radius 2 is 1.95 bits per heavy atom. The highest BCUT2D eigenvalue weighted by Crippen LogP contribution is 2.38. The second-order valence-electron chi connectivity index (χ2n) is 4.32. The van der Waals surface area contributed by atoms with Crippen LogP contribution in [-0.4, -0.2) is 11.0 Å². The van der Waals surface area contributed by atoms with Gasteiger partial charge in [-0.1, -0.05) is 23.4 Å². The summed E-state index contributed by atoms with van der Waals surface area (Å²) in [5, 5.41) is 12.7. The topological polar surface area (TPSA) is 49.3 Å². The summed E-state index contributed by atoms with van der Waals surface area (Å²) in [5.41, 5.74) is 0.716. The monoisotopic (exact) mass is 309 g/mol. The summed E-state index contributed by atoms with van der Waals surface area (Å²) in [6.07, 6.45) is -1.30. The normalized spacial score (nSPS) is 16.9. The first-order valence-electron chi connectivity index (χ1n) is 5.80. The molecule has 0 fully saturated rings. The lowest BCUT2D eigenvalue weighted by Crippen LogP contribution is -2.10. The summed E-state index contributed by atoms with van der Waals surface area (Å²) in [7, 11) is 0. The number of rotatable bonds is 2. The van der Waals surface area contributed by atoms with Gasteiger partial charge in [0.1, 0.15) is 5.82 Å². The lowest BCUT2D eigenvalue weighted by atomic mass is 10.1. The van der Waals surface area contributed by atoms with Gasteiger partial charge < -0.3 is 10.4 Å². The molecule has 1 atom stereocenters. The van der Waals surface area contributed by atoms with E-state index in [1.165, 1.54) is 23.9 Å². The smallest absolute Gasteiger partial charge is 0.257 e. The fraction of sp³-hybridized carbons (Fsp3) is 0.0714. The fourth-order valence-electron chi connectivity index (χ4n) is 1.95. The maximum Gasteiger partial charge on any atom is 0.257 e. The van der Waals surface area contributed by atoms with Crippen molar-refractivity contribution >= 4 is 35.0 Å².